The van der Waals surface area contributed by atoms with Crippen molar-refractivity contribution in [2.75, 3.05) is 6.54 Å². The van der Waals surface area contributed by atoms with Crippen molar-refractivity contribution in [3.05, 3.63) is 71.3 Å². The summed E-state index contributed by atoms with van der Waals surface area (Å²) in [6.07, 6.45) is -6.66. The third kappa shape index (κ3) is 8.98. The van der Waals surface area contributed by atoms with Gasteiger partial charge in [0, 0.05) is 25.0 Å². The number of alkyl halides is 3. The Morgan fingerprint density at radius 1 is 1.03 bits per heavy atom. The van der Waals surface area contributed by atoms with Gasteiger partial charge in [0.05, 0.1) is 5.56 Å². The van der Waals surface area contributed by atoms with Gasteiger partial charge in [0.15, 0.2) is 0 Å². The van der Waals surface area contributed by atoms with Crippen molar-refractivity contribution in [1.29, 1.82) is 0 Å². The van der Waals surface area contributed by atoms with Crippen LogP contribution in [-0.4, -0.2) is 35.5 Å². The Bertz CT molecular complexity index is 836. The number of amides is 1. The van der Waals surface area contributed by atoms with Gasteiger partial charge >= 0.3 is 12.3 Å². The van der Waals surface area contributed by atoms with Gasteiger partial charge in [-0.3, -0.25) is 0 Å². The fraction of sp³-hybridized carbons (Fsp3) is 0.435. The van der Waals surface area contributed by atoms with Crippen LogP contribution in [0.2, 0.25) is 0 Å². The van der Waals surface area contributed by atoms with Gasteiger partial charge in [-0.1, -0.05) is 48.5 Å². The average molecular weight is 438 g/mol. The second-order valence-corrected chi connectivity index (χ2v) is 8.40. The van der Waals surface area contributed by atoms with Crippen LogP contribution in [0, 0.1) is 0 Å². The van der Waals surface area contributed by atoms with Crippen molar-refractivity contribution in [2.45, 2.75) is 57.7 Å². The number of halogens is 3. The minimum atomic E-state index is -4.41. The van der Waals surface area contributed by atoms with E-state index in [2.05, 4.69) is 10.6 Å². The molecule has 0 aliphatic rings. The van der Waals surface area contributed by atoms with Gasteiger partial charge in [0.25, 0.3) is 0 Å². The molecule has 1 amide bonds. The molecular weight excluding hydrogens is 409 g/mol. The largest absolute Gasteiger partial charge is 0.443 e. The molecule has 0 unspecified atom stereocenters. The first-order valence-corrected chi connectivity index (χ1v) is 10.0. The number of hydrogen-bond acceptors (Lipinski definition) is 4. The summed E-state index contributed by atoms with van der Waals surface area (Å²) in [6.45, 7) is 5.61. The molecule has 8 heteroatoms. The van der Waals surface area contributed by atoms with Crippen LogP contribution in [0.25, 0.3) is 0 Å². The molecule has 170 valence electrons. The summed E-state index contributed by atoms with van der Waals surface area (Å²) >= 11 is 0. The molecule has 0 fully saturated rings. The van der Waals surface area contributed by atoms with Crippen LogP contribution in [0.15, 0.2) is 54.6 Å². The Labute approximate surface area is 180 Å². The van der Waals surface area contributed by atoms with Gasteiger partial charge in [0.1, 0.15) is 12.2 Å². The molecule has 0 spiro atoms. The lowest BCUT2D eigenvalue weighted by Gasteiger charge is -2.27. The fourth-order valence-electron chi connectivity index (χ4n) is 2.93. The zero-order valence-corrected chi connectivity index (χ0v) is 17.9. The smallest absolute Gasteiger partial charge is 0.416 e. The zero-order chi connectivity index (χ0) is 23.1. The minimum Gasteiger partial charge on any atom is -0.443 e. The summed E-state index contributed by atoms with van der Waals surface area (Å²) < 4.78 is 44.0. The average Bonchev–Trinajstić information content (AvgIpc) is 2.66. The molecular formula is C23H29F3N2O3. The zero-order valence-electron chi connectivity index (χ0n) is 17.9. The maximum Gasteiger partial charge on any atom is 0.416 e. The highest BCUT2D eigenvalue weighted by molar-refractivity contribution is 5.68. The number of aliphatic hydroxyl groups excluding tert-OH is 1. The van der Waals surface area contributed by atoms with Crippen molar-refractivity contribution < 1.29 is 27.8 Å². The molecule has 31 heavy (non-hydrogen) atoms. The monoisotopic (exact) mass is 438 g/mol. The summed E-state index contributed by atoms with van der Waals surface area (Å²) in [7, 11) is 0. The minimum absolute atomic E-state index is 0.0382. The number of aliphatic hydroxyl groups is 1. The first-order chi connectivity index (χ1) is 14.4. The number of carbonyl (C=O) groups is 1. The van der Waals surface area contributed by atoms with Crippen LogP contribution in [0.4, 0.5) is 18.0 Å². The number of rotatable bonds is 8. The number of carbonyl (C=O) groups excluding carboxylic acids is 1. The van der Waals surface area contributed by atoms with Crippen LogP contribution in [0.1, 0.15) is 37.5 Å². The number of alkyl carbamates (subject to hydrolysis) is 1. The van der Waals surface area contributed by atoms with E-state index in [1.807, 2.05) is 51.1 Å². The number of ether oxygens (including phenoxy) is 1. The van der Waals surface area contributed by atoms with Gasteiger partial charge < -0.3 is 20.5 Å². The Hall–Kier alpha value is -2.58. The molecule has 2 aromatic carbocycles. The highest BCUT2D eigenvalue weighted by Crippen LogP contribution is 2.29. The SMILES string of the molecule is CC(C)(C)NC(=O)O[C@@H](Cc1ccccc1)[C@H](O)CNCc1cccc(C(F)(F)F)c1. The number of hydrogen-bond donors (Lipinski definition) is 3. The molecule has 0 radical (unpaired) electrons. The van der Waals surface area contributed by atoms with E-state index in [4.69, 9.17) is 4.74 Å². The number of benzene rings is 2. The standard InChI is InChI=1S/C23H29F3N2O3/c1-22(2,3)28-21(30)31-20(13-16-8-5-4-6-9-16)19(29)15-27-14-17-10-7-11-18(12-17)23(24,25)26/h4-12,19-20,27,29H,13-15H2,1-3H3,(H,28,30)/t19-,20+/m1/s1. The van der Waals surface area contributed by atoms with Crippen LogP contribution in [-0.2, 0) is 23.9 Å². The highest BCUT2D eigenvalue weighted by atomic mass is 19.4. The quantitative estimate of drug-likeness (QED) is 0.575. The van der Waals surface area contributed by atoms with E-state index in [-0.39, 0.29) is 13.1 Å². The molecule has 0 aromatic heterocycles. The molecule has 0 heterocycles. The molecule has 5 nitrogen and oxygen atoms in total. The summed E-state index contributed by atoms with van der Waals surface area (Å²) in [5, 5.41) is 16.3. The fourth-order valence-corrected chi connectivity index (χ4v) is 2.93. The molecule has 2 aromatic rings. The lowest BCUT2D eigenvalue weighted by molar-refractivity contribution is -0.137. The van der Waals surface area contributed by atoms with Gasteiger partial charge in [-0.05, 0) is 38.0 Å². The molecule has 3 N–H and O–H groups in total. The maximum atomic E-state index is 12.9. The Balaban J connectivity index is 1.99. The summed E-state index contributed by atoms with van der Waals surface area (Å²) in [6, 6.07) is 14.3. The molecule has 2 rings (SSSR count). The maximum absolute atomic E-state index is 12.9. The van der Waals surface area contributed by atoms with Crippen LogP contribution in [0.5, 0.6) is 0 Å². The van der Waals surface area contributed by atoms with E-state index in [9.17, 15) is 23.1 Å². The van der Waals surface area contributed by atoms with Crippen molar-refractivity contribution >= 4 is 6.09 Å². The normalized spacial score (nSPS) is 14.0. The second kappa shape index (κ2) is 10.6. The molecule has 0 aliphatic carbocycles. The van der Waals surface area contributed by atoms with Crippen molar-refractivity contribution in [1.82, 2.24) is 10.6 Å². The summed E-state index contributed by atoms with van der Waals surface area (Å²) in [5.74, 6) is 0. The number of nitrogens with one attached hydrogen (secondary N) is 2. The van der Waals surface area contributed by atoms with E-state index in [0.717, 1.165) is 17.7 Å². The highest BCUT2D eigenvalue weighted by Gasteiger charge is 2.30. The predicted octanol–water partition coefficient (Wildman–Crippen LogP) is 4.29. The molecule has 2 atom stereocenters. The first kappa shape index (κ1) is 24.7. The second-order valence-electron chi connectivity index (χ2n) is 8.40. The topological polar surface area (TPSA) is 70.6 Å². The first-order valence-electron chi connectivity index (χ1n) is 10.0. The van der Waals surface area contributed by atoms with E-state index < -0.39 is 35.6 Å². The lowest BCUT2D eigenvalue weighted by Crippen LogP contribution is -2.46. The van der Waals surface area contributed by atoms with Crippen molar-refractivity contribution in [2.24, 2.45) is 0 Å². The van der Waals surface area contributed by atoms with Crippen molar-refractivity contribution in [3.63, 3.8) is 0 Å². The van der Waals surface area contributed by atoms with Gasteiger partial charge in [0.2, 0.25) is 0 Å². The molecule has 0 saturated carbocycles. The Kier molecular flexibility index (Phi) is 8.47. The predicted molar refractivity (Wildman–Crippen MR) is 112 cm³/mol. The third-order valence-electron chi connectivity index (χ3n) is 4.38. The lowest BCUT2D eigenvalue weighted by atomic mass is 10.0. The van der Waals surface area contributed by atoms with E-state index in [1.165, 1.54) is 6.07 Å². The van der Waals surface area contributed by atoms with Crippen molar-refractivity contribution in [3.8, 4) is 0 Å². The van der Waals surface area contributed by atoms with E-state index in [0.29, 0.717) is 12.0 Å². The third-order valence-corrected chi connectivity index (χ3v) is 4.38. The van der Waals surface area contributed by atoms with Gasteiger partial charge in [-0.15, -0.1) is 0 Å². The summed E-state index contributed by atoms with van der Waals surface area (Å²) in [5.41, 5.74) is 0.0960. The van der Waals surface area contributed by atoms with Crippen LogP contribution < -0.4 is 10.6 Å². The van der Waals surface area contributed by atoms with Crippen LogP contribution in [0.3, 0.4) is 0 Å². The van der Waals surface area contributed by atoms with E-state index >= 15 is 0 Å². The summed E-state index contributed by atoms with van der Waals surface area (Å²) in [4.78, 5) is 12.2. The Morgan fingerprint density at radius 2 is 1.68 bits per heavy atom. The van der Waals surface area contributed by atoms with Gasteiger partial charge in [-0.25, -0.2) is 4.79 Å². The molecule has 0 aliphatic heterocycles. The Morgan fingerprint density at radius 3 is 2.29 bits per heavy atom. The molecule has 0 saturated heterocycles. The molecule has 0 bridgehead atoms. The van der Waals surface area contributed by atoms with Crippen LogP contribution >= 0.6 is 0 Å². The van der Waals surface area contributed by atoms with E-state index in [1.54, 1.807) is 6.07 Å². The van der Waals surface area contributed by atoms with Gasteiger partial charge in [-0.2, -0.15) is 13.2 Å².